The number of hydrogen-bond acceptors (Lipinski definition) is 3. The van der Waals surface area contributed by atoms with E-state index in [1.54, 1.807) is 11.8 Å². The molecule has 2 unspecified atom stereocenters. The Labute approximate surface area is 177 Å². The van der Waals surface area contributed by atoms with Gasteiger partial charge in [-0.1, -0.05) is 36.0 Å². The molecule has 0 saturated carbocycles. The summed E-state index contributed by atoms with van der Waals surface area (Å²) in [5.74, 6) is 0.130. The second-order valence-corrected chi connectivity index (χ2v) is 9.58. The molecule has 0 spiro atoms. The molecule has 2 bridgehead atoms. The molecule has 3 aliphatic heterocycles. The molecule has 2 aromatic carbocycles. The van der Waals surface area contributed by atoms with Crippen LogP contribution in [-0.2, 0) is 6.42 Å². The maximum Gasteiger partial charge on any atom is 0.258 e. The zero-order chi connectivity index (χ0) is 20.0. The molecule has 0 aromatic heterocycles. The van der Waals surface area contributed by atoms with Crippen molar-refractivity contribution >= 4 is 17.7 Å². The summed E-state index contributed by atoms with van der Waals surface area (Å²) in [6, 6.07) is 16.0. The molecule has 3 aliphatic rings. The van der Waals surface area contributed by atoms with Crippen LogP contribution in [0.4, 0.5) is 0 Å². The Kier molecular flexibility index (Phi) is 5.00. The Morgan fingerprint density at radius 1 is 1.07 bits per heavy atom. The van der Waals surface area contributed by atoms with E-state index in [-0.39, 0.29) is 5.91 Å². The predicted octanol–water partition coefficient (Wildman–Crippen LogP) is 5.39. The van der Waals surface area contributed by atoms with Gasteiger partial charge in [-0.2, -0.15) is 0 Å². The smallest absolute Gasteiger partial charge is 0.258 e. The highest BCUT2D eigenvalue weighted by Crippen LogP contribution is 2.40. The van der Waals surface area contributed by atoms with Crippen LogP contribution < -0.4 is 5.32 Å². The van der Waals surface area contributed by atoms with E-state index < -0.39 is 0 Å². The van der Waals surface area contributed by atoms with Gasteiger partial charge in [-0.15, -0.1) is 0 Å². The topological polar surface area (TPSA) is 32.3 Å². The molecule has 0 radical (unpaired) electrons. The molecule has 2 atom stereocenters. The van der Waals surface area contributed by atoms with Gasteiger partial charge < -0.3 is 10.2 Å². The maximum absolute atomic E-state index is 13.4. The zero-order valence-electron chi connectivity index (χ0n) is 17.2. The lowest BCUT2D eigenvalue weighted by Crippen LogP contribution is -2.37. The molecule has 2 aromatic rings. The zero-order valence-corrected chi connectivity index (χ0v) is 18.0. The van der Waals surface area contributed by atoms with E-state index in [1.807, 2.05) is 11.0 Å². The molecule has 5 rings (SSSR count). The first kappa shape index (κ1) is 19.0. The van der Waals surface area contributed by atoms with E-state index in [4.69, 9.17) is 0 Å². The van der Waals surface area contributed by atoms with Gasteiger partial charge in [-0.25, -0.2) is 0 Å². The van der Waals surface area contributed by atoms with Crippen LogP contribution in [0.2, 0.25) is 0 Å². The second-order valence-electron chi connectivity index (χ2n) is 8.49. The summed E-state index contributed by atoms with van der Waals surface area (Å²) in [6.45, 7) is 4.94. The van der Waals surface area contributed by atoms with Crippen molar-refractivity contribution in [3.8, 4) is 0 Å². The van der Waals surface area contributed by atoms with E-state index in [1.165, 1.54) is 45.0 Å². The third-order valence-corrected chi connectivity index (χ3v) is 7.90. The van der Waals surface area contributed by atoms with Crippen LogP contribution in [0.15, 0.2) is 63.5 Å². The summed E-state index contributed by atoms with van der Waals surface area (Å²) in [7, 11) is 0. The maximum atomic E-state index is 13.4. The van der Waals surface area contributed by atoms with Crippen LogP contribution in [0, 0.1) is 0 Å². The number of amides is 1. The minimum atomic E-state index is 0.130. The Morgan fingerprint density at radius 3 is 2.55 bits per heavy atom. The van der Waals surface area contributed by atoms with Gasteiger partial charge in [0.2, 0.25) is 0 Å². The van der Waals surface area contributed by atoms with Crippen LogP contribution in [-0.4, -0.2) is 29.4 Å². The fourth-order valence-corrected chi connectivity index (χ4v) is 6.19. The quantitative estimate of drug-likeness (QED) is 0.635. The van der Waals surface area contributed by atoms with Crippen LogP contribution in [0.25, 0.3) is 0 Å². The molecular formula is C25H28N2OS. The van der Waals surface area contributed by atoms with Gasteiger partial charge in [0.05, 0.1) is 0 Å². The Hall–Kier alpha value is -2.04. The fourth-order valence-electron chi connectivity index (χ4n) is 5.08. The number of carbonyl (C=O) groups is 1. The van der Waals surface area contributed by atoms with Crippen molar-refractivity contribution in [1.29, 1.82) is 0 Å². The molecule has 150 valence electrons. The van der Waals surface area contributed by atoms with Crippen molar-refractivity contribution in [1.82, 2.24) is 10.2 Å². The summed E-state index contributed by atoms with van der Waals surface area (Å²) < 4.78 is 0. The number of carbonyl (C=O) groups excluding carboxylic acids is 1. The predicted molar refractivity (Wildman–Crippen MR) is 118 cm³/mol. The van der Waals surface area contributed by atoms with Crippen molar-refractivity contribution < 1.29 is 4.79 Å². The molecule has 4 heteroatoms. The standard InChI is InChI=1S/C25H28N2OS/c1-3-27(16(2)20-13-21-10-11-22(14-20)26-21)25(28)19-9-8-18-12-17-6-4-5-7-23(17)29-24(18)15-19/h4-9,15,21-22,26H,3,10-14H2,1-2H3. The lowest BCUT2D eigenvalue weighted by atomic mass is 9.96. The molecule has 1 amide bonds. The first-order valence-electron chi connectivity index (χ1n) is 10.8. The minimum absolute atomic E-state index is 0.130. The average molecular weight is 405 g/mol. The largest absolute Gasteiger partial charge is 0.313 e. The van der Waals surface area contributed by atoms with Crippen LogP contribution in [0.3, 0.4) is 0 Å². The van der Waals surface area contributed by atoms with Crippen molar-refractivity contribution in [2.45, 2.75) is 67.8 Å². The molecule has 1 N–H and O–H groups in total. The fraction of sp³-hybridized carbons (Fsp3) is 0.400. The first-order valence-corrected chi connectivity index (χ1v) is 11.6. The van der Waals surface area contributed by atoms with Crippen LogP contribution in [0.1, 0.15) is 61.0 Å². The number of hydrogen-bond donors (Lipinski definition) is 1. The number of piperidine rings is 1. The molecule has 2 fully saturated rings. The molecule has 29 heavy (non-hydrogen) atoms. The van der Waals surface area contributed by atoms with E-state index in [0.717, 1.165) is 24.8 Å². The Bertz CT molecular complexity index is 982. The number of fused-ring (bicyclic) bond motifs is 4. The van der Waals surface area contributed by atoms with Crippen molar-refractivity contribution in [3.05, 3.63) is 70.4 Å². The highest BCUT2D eigenvalue weighted by molar-refractivity contribution is 7.99. The number of nitrogens with zero attached hydrogens (tertiary/aromatic N) is 1. The normalized spacial score (nSPS) is 22.1. The number of rotatable bonds is 3. The molecule has 2 saturated heterocycles. The molecule has 3 nitrogen and oxygen atoms in total. The van der Waals surface area contributed by atoms with Gasteiger partial charge in [0.15, 0.2) is 0 Å². The lowest BCUT2D eigenvalue weighted by Gasteiger charge is -2.30. The van der Waals surface area contributed by atoms with Gasteiger partial charge in [0, 0.05) is 39.7 Å². The average Bonchev–Trinajstić information content (AvgIpc) is 3.09. The third kappa shape index (κ3) is 3.53. The summed E-state index contributed by atoms with van der Waals surface area (Å²) in [5.41, 5.74) is 6.13. The lowest BCUT2D eigenvalue weighted by molar-refractivity contribution is 0.0809. The Balaban J connectivity index is 1.41. The molecule has 3 heterocycles. The van der Waals surface area contributed by atoms with Gasteiger partial charge in [0.1, 0.15) is 0 Å². The first-order chi connectivity index (χ1) is 14.1. The third-order valence-electron chi connectivity index (χ3n) is 6.69. The van der Waals surface area contributed by atoms with Gasteiger partial charge >= 0.3 is 0 Å². The number of nitrogens with one attached hydrogen (secondary N) is 1. The minimum Gasteiger partial charge on any atom is -0.313 e. The van der Waals surface area contributed by atoms with Gasteiger partial charge in [-0.3, -0.25) is 4.79 Å². The van der Waals surface area contributed by atoms with E-state index in [0.29, 0.717) is 18.6 Å². The highest BCUT2D eigenvalue weighted by atomic mass is 32.2. The SMILES string of the molecule is CCN(C(=O)c1ccc2c(c1)Sc1ccccc1C2)C(C)=C1CC2CCC(C1)N2. The summed E-state index contributed by atoms with van der Waals surface area (Å²) >= 11 is 1.79. The van der Waals surface area contributed by atoms with Crippen molar-refractivity contribution in [3.63, 3.8) is 0 Å². The molecule has 0 aliphatic carbocycles. The monoisotopic (exact) mass is 404 g/mol. The van der Waals surface area contributed by atoms with Gasteiger partial charge in [0.25, 0.3) is 5.91 Å². The van der Waals surface area contributed by atoms with E-state index in [2.05, 4.69) is 55.6 Å². The summed E-state index contributed by atoms with van der Waals surface area (Å²) in [5, 5.41) is 3.69. The van der Waals surface area contributed by atoms with E-state index >= 15 is 0 Å². The summed E-state index contributed by atoms with van der Waals surface area (Å²) in [4.78, 5) is 18.0. The Morgan fingerprint density at radius 2 is 1.79 bits per heavy atom. The van der Waals surface area contributed by atoms with Crippen molar-refractivity contribution in [2.24, 2.45) is 0 Å². The van der Waals surface area contributed by atoms with E-state index in [9.17, 15) is 4.79 Å². The number of benzene rings is 2. The van der Waals surface area contributed by atoms with Crippen molar-refractivity contribution in [2.75, 3.05) is 6.54 Å². The van der Waals surface area contributed by atoms with Crippen LogP contribution >= 0.6 is 11.8 Å². The number of allylic oxidation sites excluding steroid dienone is 1. The molecular weight excluding hydrogens is 376 g/mol. The second kappa shape index (κ2) is 7.66. The summed E-state index contributed by atoms with van der Waals surface area (Å²) in [6.07, 6.45) is 5.66. The van der Waals surface area contributed by atoms with Crippen LogP contribution in [0.5, 0.6) is 0 Å². The van der Waals surface area contributed by atoms with Gasteiger partial charge in [-0.05, 0) is 80.9 Å². The highest BCUT2D eigenvalue weighted by Gasteiger charge is 2.32.